The molecule has 1 aliphatic carbocycles. The molecule has 0 saturated heterocycles. The predicted molar refractivity (Wildman–Crippen MR) is 103 cm³/mol. The Morgan fingerprint density at radius 2 is 1.69 bits per heavy atom. The number of amides is 1. The topological polar surface area (TPSA) is 148 Å². The van der Waals surface area contributed by atoms with E-state index in [1.165, 1.54) is 0 Å². The Morgan fingerprint density at radius 3 is 2.21 bits per heavy atom. The van der Waals surface area contributed by atoms with E-state index in [0.717, 1.165) is 23.8 Å². The number of hydrogen-bond acceptors (Lipinski definition) is 6. The molecular weight excluding hydrogens is 382 g/mol. The van der Waals surface area contributed by atoms with Gasteiger partial charge in [-0.2, -0.15) is 0 Å². The summed E-state index contributed by atoms with van der Waals surface area (Å²) in [4.78, 5) is 61.4. The molecule has 0 unspecified atom stereocenters. The van der Waals surface area contributed by atoms with Crippen LogP contribution in [0.15, 0.2) is 9.59 Å². The number of carbonyl (C=O) groups is 3. The zero-order valence-electron chi connectivity index (χ0n) is 16.9. The summed E-state index contributed by atoms with van der Waals surface area (Å²) in [7, 11) is 0. The van der Waals surface area contributed by atoms with Crippen molar-refractivity contribution in [2.24, 2.45) is 5.41 Å². The van der Waals surface area contributed by atoms with E-state index in [0.29, 0.717) is 17.4 Å². The number of carboxylic acids is 1. The monoisotopic (exact) mass is 409 g/mol. The number of hydrogen-bond donors (Lipinski definition) is 3. The van der Waals surface area contributed by atoms with Gasteiger partial charge in [-0.05, 0) is 12.8 Å². The van der Waals surface area contributed by atoms with Gasteiger partial charge < -0.3 is 15.5 Å². The van der Waals surface area contributed by atoms with Crippen molar-refractivity contribution in [2.75, 3.05) is 6.54 Å². The first-order chi connectivity index (χ1) is 13.4. The highest BCUT2D eigenvalue weighted by atomic mass is 16.4. The molecule has 1 aromatic rings. The number of rotatable bonds is 6. The molecule has 0 aromatic carbocycles. The van der Waals surface area contributed by atoms with Crippen molar-refractivity contribution < 1.29 is 24.6 Å². The number of carbonyl (C=O) groups excluding carboxylic acids is 2. The molecule has 1 saturated carbocycles. The molecule has 0 aliphatic heterocycles. The van der Waals surface area contributed by atoms with Crippen LogP contribution in [-0.4, -0.2) is 43.6 Å². The summed E-state index contributed by atoms with van der Waals surface area (Å²) in [6.45, 7) is 3.61. The number of Topliss-reactive ketones (excluding diaryl/α,β-unsaturated/α-hetero) is 1. The first-order valence-electron chi connectivity index (χ1n) is 9.56. The second-order valence-corrected chi connectivity index (χ2v) is 8.28. The molecule has 10 nitrogen and oxygen atoms in total. The number of aliphatic carboxylic acids is 1. The molecular formula is C19H27N3O7. The van der Waals surface area contributed by atoms with Crippen molar-refractivity contribution in [1.29, 1.82) is 0 Å². The van der Waals surface area contributed by atoms with Gasteiger partial charge in [0.15, 0.2) is 11.3 Å². The quantitative estimate of drug-likeness (QED) is 0.625. The van der Waals surface area contributed by atoms with Gasteiger partial charge in [-0.1, -0.05) is 40.0 Å². The summed E-state index contributed by atoms with van der Waals surface area (Å²) in [5.41, 5.74) is -3.55. The summed E-state index contributed by atoms with van der Waals surface area (Å²) in [6.07, 6.45) is 3.76. The summed E-state index contributed by atoms with van der Waals surface area (Å²) in [5.74, 6) is -3.64. The molecule has 160 valence electrons. The van der Waals surface area contributed by atoms with Crippen LogP contribution in [0.25, 0.3) is 0 Å². The van der Waals surface area contributed by atoms with Crippen LogP contribution in [0.5, 0.6) is 5.88 Å². The van der Waals surface area contributed by atoms with Gasteiger partial charge in [0.2, 0.25) is 5.88 Å². The normalized spacial score (nSPS) is 15.1. The average Bonchev–Trinajstić information content (AvgIpc) is 2.63. The van der Waals surface area contributed by atoms with Gasteiger partial charge in [-0.3, -0.25) is 28.3 Å². The van der Waals surface area contributed by atoms with Crippen LogP contribution in [0.4, 0.5) is 0 Å². The fourth-order valence-electron chi connectivity index (χ4n) is 3.29. The lowest BCUT2D eigenvalue weighted by Crippen LogP contribution is -2.48. The second-order valence-electron chi connectivity index (χ2n) is 8.28. The van der Waals surface area contributed by atoms with E-state index < -0.39 is 64.9 Å². The largest absolute Gasteiger partial charge is 0.494 e. The lowest BCUT2D eigenvalue weighted by atomic mass is 9.91. The molecule has 3 N–H and O–H groups in total. The number of nitrogens with one attached hydrogen (secondary N) is 1. The molecule has 2 rings (SSSR count). The van der Waals surface area contributed by atoms with Crippen molar-refractivity contribution in [2.45, 2.75) is 65.5 Å². The Kier molecular flexibility index (Phi) is 6.66. The summed E-state index contributed by atoms with van der Waals surface area (Å²) >= 11 is 0. The molecule has 10 heteroatoms. The maximum absolute atomic E-state index is 13.0. The van der Waals surface area contributed by atoms with Crippen LogP contribution >= 0.6 is 0 Å². The van der Waals surface area contributed by atoms with Gasteiger partial charge >= 0.3 is 11.7 Å². The number of nitrogens with zero attached hydrogens (tertiary/aromatic N) is 2. The third kappa shape index (κ3) is 4.93. The first-order valence-corrected chi connectivity index (χ1v) is 9.56. The van der Waals surface area contributed by atoms with E-state index >= 15 is 0 Å². The molecule has 0 radical (unpaired) electrons. The average molecular weight is 409 g/mol. The minimum Gasteiger partial charge on any atom is -0.494 e. The lowest BCUT2D eigenvalue weighted by molar-refractivity contribution is -0.135. The van der Waals surface area contributed by atoms with Gasteiger partial charge in [-0.15, -0.1) is 0 Å². The van der Waals surface area contributed by atoms with Gasteiger partial charge in [-0.25, -0.2) is 4.79 Å². The molecule has 1 amide bonds. The zero-order valence-corrected chi connectivity index (χ0v) is 16.9. The molecule has 0 spiro atoms. The third-order valence-corrected chi connectivity index (χ3v) is 5.05. The highest BCUT2D eigenvalue weighted by Gasteiger charge is 2.31. The molecule has 0 bridgehead atoms. The predicted octanol–water partition coefficient (Wildman–Crippen LogP) is 0.650. The smallest absolute Gasteiger partial charge is 0.334 e. The second kappa shape index (κ2) is 8.62. The number of ketones is 1. The van der Waals surface area contributed by atoms with E-state index in [-0.39, 0.29) is 0 Å². The number of carboxylic acid groups (broad SMARTS) is 1. The van der Waals surface area contributed by atoms with E-state index in [2.05, 4.69) is 0 Å². The highest BCUT2D eigenvalue weighted by molar-refractivity contribution is 5.97. The third-order valence-electron chi connectivity index (χ3n) is 5.05. The minimum absolute atomic E-state index is 0.394. The van der Waals surface area contributed by atoms with Crippen LogP contribution < -0.4 is 16.6 Å². The fourth-order valence-corrected chi connectivity index (χ4v) is 3.29. The van der Waals surface area contributed by atoms with Crippen molar-refractivity contribution in [3.8, 4) is 5.88 Å². The van der Waals surface area contributed by atoms with Crippen LogP contribution in [0.1, 0.15) is 69.3 Å². The summed E-state index contributed by atoms with van der Waals surface area (Å²) in [6, 6.07) is -0.418. The van der Waals surface area contributed by atoms with Crippen molar-refractivity contribution in [3.63, 3.8) is 0 Å². The van der Waals surface area contributed by atoms with E-state index in [1.54, 1.807) is 20.8 Å². The van der Waals surface area contributed by atoms with Crippen LogP contribution in [0.2, 0.25) is 0 Å². The van der Waals surface area contributed by atoms with Crippen molar-refractivity contribution in [1.82, 2.24) is 14.5 Å². The Morgan fingerprint density at radius 1 is 1.10 bits per heavy atom. The van der Waals surface area contributed by atoms with Gasteiger partial charge in [0.05, 0.1) is 6.54 Å². The summed E-state index contributed by atoms with van der Waals surface area (Å²) in [5, 5.41) is 21.4. The molecule has 29 heavy (non-hydrogen) atoms. The molecule has 0 atom stereocenters. The van der Waals surface area contributed by atoms with Gasteiger partial charge in [0, 0.05) is 11.5 Å². The van der Waals surface area contributed by atoms with Crippen LogP contribution in [0.3, 0.4) is 0 Å². The molecule has 1 aromatic heterocycles. The van der Waals surface area contributed by atoms with Gasteiger partial charge in [0.1, 0.15) is 6.54 Å². The van der Waals surface area contributed by atoms with E-state index in [4.69, 9.17) is 5.11 Å². The molecule has 1 heterocycles. The van der Waals surface area contributed by atoms with E-state index in [9.17, 15) is 29.1 Å². The Labute approximate surface area is 167 Å². The number of aromatic hydroxyl groups is 1. The summed E-state index contributed by atoms with van der Waals surface area (Å²) < 4.78 is 1.64. The number of aromatic nitrogens is 2. The maximum atomic E-state index is 13.0. The Bertz CT molecular complexity index is 931. The highest BCUT2D eigenvalue weighted by Crippen LogP contribution is 2.30. The minimum atomic E-state index is -1.33. The molecule has 1 fully saturated rings. The van der Waals surface area contributed by atoms with Crippen LogP contribution in [0, 0.1) is 5.41 Å². The van der Waals surface area contributed by atoms with E-state index in [1.807, 2.05) is 5.32 Å². The maximum Gasteiger partial charge on any atom is 0.334 e. The molecule has 1 aliphatic rings. The Hall–Kier alpha value is -2.91. The Balaban J connectivity index is 2.65. The SMILES string of the molecule is CC(C)(C)C(=O)Cn1c(=O)c(C(=O)NCC(=O)O)c(O)n(C2CCCCC2)c1=O. The van der Waals surface area contributed by atoms with Crippen LogP contribution in [-0.2, 0) is 16.1 Å². The fraction of sp³-hybridized carbons (Fsp3) is 0.632. The standard InChI is InChI=1S/C19H27N3O7/c1-19(2,3)12(23)10-21-16(27)14(15(26)20-9-13(24)25)17(28)22(18(21)29)11-7-5-4-6-8-11/h11,28H,4-10H2,1-3H3,(H,20,26)(H,24,25). The zero-order chi connectivity index (χ0) is 21.9. The first kappa shape index (κ1) is 22.4. The van der Waals surface area contributed by atoms with Gasteiger partial charge in [0.25, 0.3) is 11.5 Å². The van der Waals surface area contributed by atoms with Crippen molar-refractivity contribution in [3.05, 3.63) is 26.4 Å². The van der Waals surface area contributed by atoms with Crippen molar-refractivity contribution >= 4 is 17.7 Å². The lowest BCUT2D eigenvalue weighted by Gasteiger charge is -2.26.